The number of rotatable bonds is 4. The molecule has 3 N–H and O–H groups in total. The molecule has 0 amide bonds. The lowest BCUT2D eigenvalue weighted by Crippen LogP contribution is -2.39. The van der Waals surface area contributed by atoms with Crippen LogP contribution in [0.15, 0.2) is 24.3 Å². The lowest BCUT2D eigenvalue weighted by molar-refractivity contribution is 0.219. The van der Waals surface area contributed by atoms with Crippen LogP contribution in [0.3, 0.4) is 0 Å². The van der Waals surface area contributed by atoms with Crippen molar-refractivity contribution in [3.63, 3.8) is 0 Å². The minimum atomic E-state index is 0.577. The van der Waals surface area contributed by atoms with Gasteiger partial charge in [0.2, 0.25) is 0 Å². The lowest BCUT2D eigenvalue weighted by Gasteiger charge is -2.32. The van der Waals surface area contributed by atoms with Gasteiger partial charge in [-0.25, -0.2) is 0 Å². The first-order valence-corrected chi connectivity index (χ1v) is 6.63. The number of hydrogen-bond donors (Lipinski definition) is 2. The van der Waals surface area contributed by atoms with Crippen molar-refractivity contribution in [2.24, 2.45) is 0 Å². The van der Waals surface area contributed by atoms with Gasteiger partial charge in [0.25, 0.3) is 0 Å². The Morgan fingerprint density at radius 3 is 2.65 bits per heavy atom. The number of nitrogens with two attached hydrogens (primary N) is 1. The van der Waals surface area contributed by atoms with Crippen LogP contribution in [0, 0.1) is 0 Å². The maximum absolute atomic E-state index is 5.94. The Balaban J connectivity index is 1.84. The number of piperidine rings is 1. The second-order valence-corrected chi connectivity index (χ2v) is 4.85. The van der Waals surface area contributed by atoms with E-state index in [4.69, 9.17) is 5.73 Å². The van der Waals surface area contributed by atoms with Gasteiger partial charge in [-0.2, -0.15) is 0 Å². The van der Waals surface area contributed by atoms with Crippen LogP contribution in [0.5, 0.6) is 0 Å². The molecule has 0 spiro atoms. The van der Waals surface area contributed by atoms with Crippen LogP contribution in [0.1, 0.15) is 26.2 Å². The summed E-state index contributed by atoms with van der Waals surface area (Å²) in [5.74, 6) is 0. The highest BCUT2D eigenvalue weighted by atomic mass is 15.1. The minimum absolute atomic E-state index is 0.577. The molecule has 0 aromatic heterocycles. The Kier molecular flexibility index (Phi) is 4.26. The molecule has 1 fully saturated rings. The Hall–Kier alpha value is -1.22. The number of nitrogens with zero attached hydrogens (tertiary/aromatic N) is 1. The maximum atomic E-state index is 5.94. The molecule has 1 aromatic rings. The standard InChI is InChI=1S/C14H23N3/c1-2-9-17-10-7-12(8-11-17)16-14-6-4-3-5-13(14)15/h3-6,12,16H,2,7-11,15H2,1H3. The molecule has 0 atom stereocenters. The van der Waals surface area contributed by atoms with E-state index in [0.717, 1.165) is 11.4 Å². The topological polar surface area (TPSA) is 41.3 Å². The van der Waals surface area contributed by atoms with Gasteiger partial charge in [-0.1, -0.05) is 19.1 Å². The Bertz CT molecular complexity index is 343. The predicted octanol–water partition coefficient (Wildman–Crippen LogP) is 2.56. The van der Waals surface area contributed by atoms with Gasteiger partial charge >= 0.3 is 0 Å². The summed E-state index contributed by atoms with van der Waals surface area (Å²) in [7, 11) is 0. The van der Waals surface area contributed by atoms with Crippen molar-refractivity contribution in [2.45, 2.75) is 32.2 Å². The number of likely N-dealkylation sites (tertiary alicyclic amines) is 1. The van der Waals surface area contributed by atoms with Gasteiger partial charge in [-0.05, 0) is 37.9 Å². The number of para-hydroxylation sites is 2. The lowest BCUT2D eigenvalue weighted by atomic mass is 10.0. The van der Waals surface area contributed by atoms with Crippen molar-refractivity contribution in [3.8, 4) is 0 Å². The summed E-state index contributed by atoms with van der Waals surface area (Å²) in [6.07, 6.45) is 3.69. The van der Waals surface area contributed by atoms with E-state index in [-0.39, 0.29) is 0 Å². The van der Waals surface area contributed by atoms with Crippen molar-refractivity contribution >= 4 is 11.4 Å². The molecule has 0 saturated carbocycles. The average molecular weight is 233 g/mol. The molecule has 0 unspecified atom stereocenters. The molecular weight excluding hydrogens is 210 g/mol. The molecule has 0 radical (unpaired) electrons. The second-order valence-electron chi connectivity index (χ2n) is 4.85. The summed E-state index contributed by atoms with van der Waals surface area (Å²) in [5.41, 5.74) is 7.87. The molecule has 2 rings (SSSR count). The van der Waals surface area contributed by atoms with E-state index >= 15 is 0 Å². The highest BCUT2D eigenvalue weighted by Crippen LogP contribution is 2.21. The van der Waals surface area contributed by atoms with Crippen molar-refractivity contribution in [2.75, 3.05) is 30.7 Å². The van der Waals surface area contributed by atoms with Crippen LogP contribution in [0.4, 0.5) is 11.4 Å². The zero-order valence-corrected chi connectivity index (χ0v) is 10.7. The molecule has 1 aromatic carbocycles. The molecular formula is C14H23N3. The molecule has 1 heterocycles. The van der Waals surface area contributed by atoms with Crippen LogP contribution in [0.2, 0.25) is 0 Å². The summed E-state index contributed by atoms with van der Waals surface area (Å²) in [6.45, 7) is 5.89. The summed E-state index contributed by atoms with van der Waals surface area (Å²) < 4.78 is 0. The number of nitrogens with one attached hydrogen (secondary N) is 1. The Labute approximate surface area is 104 Å². The van der Waals surface area contributed by atoms with Gasteiger partial charge in [-0.15, -0.1) is 0 Å². The van der Waals surface area contributed by atoms with Crippen LogP contribution < -0.4 is 11.1 Å². The van der Waals surface area contributed by atoms with E-state index in [1.807, 2.05) is 18.2 Å². The Morgan fingerprint density at radius 2 is 2.00 bits per heavy atom. The number of benzene rings is 1. The number of anilines is 2. The zero-order chi connectivity index (χ0) is 12.1. The summed E-state index contributed by atoms with van der Waals surface area (Å²) in [6, 6.07) is 8.60. The predicted molar refractivity (Wildman–Crippen MR) is 74.2 cm³/mol. The number of nitrogen functional groups attached to an aromatic ring is 1. The van der Waals surface area contributed by atoms with Gasteiger partial charge in [0, 0.05) is 19.1 Å². The molecule has 1 aliphatic heterocycles. The first kappa shape index (κ1) is 12.2. The molecule has 94 valence electrons. The fourth-order valence-corrected chi connectivity index (χ4v) is 2.47. The minimum Gasteiger partial charge on any atom is -0.397 e. The zero-order valence-electron chi connectivity index (χ0n) is 10.7. The van der Waals surface area contributed by atoms with Crippen molar-refractivity contribution in [1.29, 1.82) is 0 Å². The number of hydrogen-bond acceptors (Lipinski definition) is 3. The average Bonchev–Trinajstić information content (AvgIpc) is 2.35. The molecule has 3 nitrogen and oxygen atoms in total. The highest BCUT2D eigenvalue weighted by molar-refractivity contribution is 5.65. The van der Waals surface area contributed by atoms with Crippen LogP contribution in [-0.4, -0.2) is 30.6 Å². The molecule has 1 saturated heterocycles. The van der Waals surface area contributed by atoms with Gasteiger partial charge in [0.1, 0.15) is 0 Å². The van der Waals surface area contributed by atoms with Crippen LogP contribution in [-0.2, 0) is 0 Å². The van der Waals surface area contributed by atoms with Gasteiger partial charge in [0.15, 0.2) is 0 Å². The summed E-state index contributed by atoms with van der Waals surface area (Å²) >= 11 is 0. The third-order valence-electron chi connectivity index (χ3n) is 3.45. The fourth-order valence-electron chi connectivity index (χ4n) is 2.47. The van der Waals surface area contributed by atoms with Gasteiger partial charge < -0.3 is 16.0 Å². The summed E-state index contributed by atoms with van der Waals surface area (Å²) in [5, 5.41) is 3.56. The monoisotopic (exact) mass is 233 g/mol. The van der Waals surface area contributed by atoms with Gasteiger partial charge in [0.05, 0.1) is 11.4 Å². The molecule has 17 heavy (non-hydrogen) atoms. The summed E-state index contributed by atoms with van der Waals surface area (Å²) in [4.78, 5) is 2.55. The molecule has 0 aliphatic carbocycles. The van der Waals surface area contributed by atoms with Crippen molar-refractivity contribution < 1.29 is 0 Å². The largest absolute Gasteiger partial charge is 0.397 e. The molecule has 0 bridgehead atoms. The van der Waals surface area contributed by atoms with E-state index in [9.17, 15) is 0 Å². The fraction of sp³-hybridized carbons (Fsp3) is 0.571. The third-order valence-corrected chi connectivity index (χ3v) is 3.45. The molecule has 1 aliphatic rings. The SMILES string of the molecule is CCCN1CCC(Nc2ccccc2N)CC1. The van der Waals surface area contributed by atoms with E-state index in [1.54, 1.807) is 0 Å². The third kappa shape index (κ3) is 3.37. The van der Waals surface area contributed by atoms with Crippen molar-refractivity contribution in [3.05, 3.63) is 24.3 Å². The van der Waals surface area contributed by atoms with E-state index < -0.39 is 0 Å². The van der Waals surface area contributed by atoms with E-state index in [1.165, 1.54) is 38.9 Å². The first-order valence-electron chi connectivity index (χ1n) is 6.63. The van der Waals surface area contributed by atoms with Crippen LogP contribution in [0.25, 0.3) is 0 Å². The van der Waals surface area contributed by atoms with Gasteiger partial charge in [-0.3, -0.25) is 0 Å². The van der Waals surface area contributed by atoms with Crippen LogP contribution >= 0.6 is 0 Å². The maximum Gasteiger partial charge on any atom is 0.0576 e. The smallest absolute Gasteiger partial charge is 0.0576 e. The first-order chi connectivity index (χ1) is 8.29. The van der Waals surface area contributed by atoms with Crippen molar-refractivity contribution in [1.82, 2.24) is 4.90 Å². The van der Waals surface area contributed by atoms with E-state index in [2.05, 4.69) is 23.2 Å². The quantitative estimate of drug-likeness (QED) is 0.785. The highest BCUT2D eigenvalue weighted by Gasteiger charge is 2.18. The Morgan fingerprint density at radius 1 is 1.29 bits per heavy atom. The second kappa shape index (κ2) is 5.92. The van der Waals surface area contributed by atoms with E-state index in [0.29, 0.717) is 6.04 Å². The normalized spacial score (nSPS) is 18.2. The molecule has 3 heteroatoms.